The molecule has 4 nitrogen and oxygen atoms in total. The van der Waals surface area contributed by atoms with Crippen molar-refractivity contribution in [3.63, 3.8) is 0 Å². The summed E-state index contributed by atoms with van der Waals surface area (Å²) in [6, 6.07) is 9.42. The Kier molecular flexibility index (Phi) is 6.15. The van der Waals surface area contributed by atoms with Crippen LogP contribution in [0.3, 0.4) is 0 Å². The highest BCUT2D eigenvalue weighted by atomic mass is 35.5. The molecule has 0 aromatic heterocycles. The highest BCUT2D eigenvalue weighted by molar-refractivity contribution is 6.34. The maximum Gasteiger partial charge on any atom is 0.226 e. The molecule has 0 aliphatic rings. The average molecular weight is 363 g/mol. The highest BCUT2D eigenvalue weighted by Gasteiger charge is 2.15. The normalized spacial score (nSPS) is 10.4. The van der Waals surface area contributed by atoms with Gasteiger partial charge in [-0.3, -0.25) is 9.59 Å². The zero-order valence-corrected chi connectivity index (χ0v) is 15.2. The van der Waals surface area contributed by atoms with E-state index in [9.17, 15) is 14.0 Å². The van der Waals surface area contributed by atoms with Gasteiger partial charge in [0, 0.05) is 25.6 Å². The van der Waals surface area contributed by atoms with E-state index >= 15 is 0 Å². The third-order valence-corrected chi connectivity index (χ3v) is 4.06. The number of carbonyl (C=O) groups is 2. The summed E-state index contributed by atoms with van der Waals surface area (Å²) < 4.78 is 13.4. The summed E-state index contributed by atoms with van der Waals surface area (Å²) in [7, 11) is 0. The van der Waals surface area contributed by atoms with Crippen LogP contribution in [0.15, 0.2) is 36.4 Å². The van der Waals surface area contributed by atoms with Crippen molar-refractivity contribution < 1.29 is 14.0 Å². The quantitative estimate of drug-likeness (QED) is 0.852. The van der Waals surface area contributed by atoms with Gasteiger partial charge >= 0.3 is 0 Å². The summed E-state index contributed by atoms with van der Waals surface area (Å²) >= 11 is 6.18. The van der Waals surface area contributed by atoms with Crippen molar-refractivity contribution in [2.24, 2.45) is 0 Å². The molecular formula is C19H20ClFN2O2. The zero-order valence-electron chi connectivity index (χ0n) is 14.4. The van der Waals surface area contributed by atoms with Gasteiger partial charge in [0.25, 0.3) is 0 Å². The molecule has 2 aromatic carbocycles. The minimum Gasteiger partial charge on any atom is -0.324 e. The molecular weight excluding hydrogens is 343 g/mol. The fraction of sp³-hybridized carbons (Fsp3) is 0.263. The number of hydrogen-bond acceptors (Lipinski definition) is 2. The van der Waals surface area contributed by atoms with Crippen molar-refractivity contribution in [3.8, 4) is 0 Å². The van der Waals surface area contributed by atoms with Crippen molar-refractivity contribution in [3.05, 3.63) is 58.4 Å². The number of carbonyl (C=O) groups excluding carboxylic acids is 2. The molecule has 0 saturated heterocycles. The Balaban J connectivity index is 2.06. The molecule has 0 radical (unpaired) electrons. The minimum absolute atomic E-state index is 0.0692. The molecule has 2 aromatic rings. The average Bonchev–Trinajstić information content (AvgIpc) is 2.51. The second-order valence-electron chi connectivity index (χ2n) is 5.89. The molecule has 1 N–H and O–H groups in total. The Morgan fingerprint density at radius 2 is 1.92 bits per heavy atom. The predicted octanol–water partition coefficient (Wildman–Crippen LogP) is 4.48. The van der Waals surface area contributed by atoms with Crippen LogP contribution in [-0.4, -0.2) is 18.4 Å². The van der Waals surface area contributed by atoms with Gasteiger partial charge in [0.15, 0.2) is 0 Å². The number of nitrogens with zero attached hydrogens (tertiary/aromatic N) is 1. The van der Waals surface area contributed by atoms with Crippen molar-refractivity contribution in [1.82, 2.24) is 0 Å². The number of benzene rings is 2. The molecule has 0 unspecified atom stereocenters. The molecule has 0 saturated carbocycles. The van der Waals surface area contributed by atoms with Crippen LogP contribution in [0.5, 0.6) is 0 Å². The van der Waals surface area contributed by atoms with E-state index in [0.717, 1.165) is 11.1 Å². The Morgan fingerprint density at radius 1 is 1.20 bits per heavy atom. The molecule has 0 aliphatic carbocycles. The minimum atomic E-state index is -0.435. The van der Waals surface area contributed by atoms with E-state index in [4.69, 9.17) is 11.6 Å². The second kappa shape index (κ2) is 8.12. The first kappa shape index (κ1) is 18.9. The van der Waals surface area contributed by atoms with Gasteiger partial charge in [-0.2, -0.15) is 0 Å². The van der Waals surface area contributed by atoms with Crippen molar-refractivity contribution in [2.45, 2.75) is 27.2 Å². The summed E-state index contributed by atoms with van der Waals surface area (Å²) in [6.45, 7) is 5.31. The van der Waals surface area contributed by atoms with Gasteiger partial charge in [-0.15, -0.1) is 0 Å². The van der Waals surface area contributed by atoms with Gasteiger partial charge in [-0.1, -0.05) is 23.7 Å². The lowest BCUT2D eigenvalue weighted by molar-refractivity contribution is -0.117. The van der Waals surface area contributed by atoms with Gasteiger partial charge < -0.3 is 10.2 Å². The molecule has 0 aliphatic heterocycles. The van der Waals surface area contributed by atoms with E-state index in [-0.39, 0.29) is 24.8 Å². The molecule has 0 heterocycles. The highest BCUT2D eigenvalue weighted by Crippen LogP contribution is 2.27. The lowest BCUT2D eigenvalue weighted by Crippen LogP contribution is -2.32. The first-order valence-electron chi connectivity index (χ1n) is 7.88. The van der Waals surface area contributed by atoms with Crippen molar-refractivity contribution in [2.75, 3.05) is 16.8 Å². The maximum atomic E-state index is 13.4. The van der Waals surface area contributed by atoms with E-state index in [2.05, 4.69) is 5.32 Å². The van der Waals surface area contributed by atoms with E-state index in [0.29, 0.717) is 16.4 Å². The molecule has 0 bridgehead atoms. The lowest BCUT2D eigenvalue weighted by Gasteiger charge is -2.21. The first-order chi connectivity index (χ1) is 11.8. The molecule has 132 valence electrons. The Morgan fingerprint density at radius 3 is 2.52 bits per heavy atom. The molecule has 0 spiro atoms. The van der Waals surface area contributed by atoms with Crippen LogP contribution in [0.2, 0.25) is 5.02 Å². The topological polar surface area (TPSA) is 49.4 Å². The third kappa shape index (κ3) is 5.03. The monoisotopic (exact) mass is 362 g/mol. The number of aryl methyl sites for hydroxylation is 2. The van der Waals surface area contributed by atoms with Crippen LogP contribution in [-0.2, 0) is 9.59 Å². The molecule has 2 amide bonds. The summed E-state index contributed by atoms with van der Waals surface area (Å²) in [5, 5.41) is 3.25. The van der Waals surface area contributed by atoms with Crippen LogP contribution >= 0.6 is 11.6 Å². The van der Waals surface area contributed by atoms with Crippen LogP contribution in [0.1, 0.15) is 24.5 Å². The maximum absolute atomic E-state index is 13.4. The van der Waals surface area contributed by atoms with Gasteiger partial charge in [0.1, 0.15) is 5.82 Å². The third-order valence-electron chi connectivity index (χ3n) is 3.76. The van der Waals surface area contributed by atoms with Crippen LogP contribution in [0, 0.1) is 19.7 Å². The lowest BCUT2D eigenvalue weighted by atomic mass is 10.1. The summed E-state index contributed by atoms with van der Waals surface area (Å²) in [5.74, 6) is -0.963. The van der Waals surface area contributed by atoms with Crippen molar-refractivity contribution >= 4 is 34.8 Å². The standard InChI is InChI=1S/C19H20ClFN2O2/c1-12-9-13(2)19(17(20)10-12)22-18(25)7-8-23(14(3)24)16-6-4-5-15(21)11-16/h4-6,9-11H,7-8H2,1-3H3,(H,22,25). The van der Waals surface area contributed by atoms with Crippen LogP contribution in [0.4, 0.5) is 15.8 Å². The molecule has 6 heteroatoms. The van der Waals surface area contributed by atoms with Gasteiger partial charge in [-0.05, 0) is 49.2 Å². The predicted molar refractivity (Wildman–Crippen MR) is 98.6 cm³/mol. The van der Waals surface area contributed by atoms with E-state index in [1.807, 2.05) is 19.9 Å². The van der Waals surface area contributed by atoms with Gasteiger partial charge in [0.2, 0.25) is 11.8 Å². The number of amides is 2. The summed E-state index contributed by atoms with van der Waals surface area (Å²) in [4.78, 5) is 25.4. The fourth-order valence-corrected chi connectivity index (χ4v) is 2.97. The smallest absolute Gasteiger partial charge is 0.226 e. The Hall–Kier alpha value is -2.40. The molecule has 25 heavy (non-hydrogen) atoms. The van der Waals surface area contributed by atoms with Gasteiger partial charge in [0.05, 0.1) is 10.7 Å². The number of rotatable bonds is 5. The van der Waals surface area contributed by atoms with Crippen LogP contribution in [0.25, 0.3) is 0 Å². The SMILES string of the molecule is CC(=O)N(CCC(=O)Nc1c(C)cc(C)cc1Cl)c1cccc(F)c1. The zero-order chi connectivity index (χ0) is 18.6. The fourth-order valence-electron chi connectivity index (χ4n) is 2.60. The summed E-state index contributed by atoms with van der Waals surface area (Å²) in [5.41, 5.74) is 2.86. The first-order valence-corrected chi connectivity index (χ1v) is 8.26. The molecule has 2 rings (SSSR count). The number of anilines is 2. The largest absolute Gasteiger partial charge is 0.324 e. The van der Waals surface area contributed by atoms with E-state index in [1.165, 1.54) is 30.0 Å². The Bertz CT molecular complexity index is 785. The van der Waals surface area contributed by atoms with Crippen molar-refractivity contribution in [1.29, 1.82) is 0 Å². The number of hydrogen-bond donors (Lipinski definition) is 1. The van der Waals surface area contributed by atoms with Gasteiger partial charge in [-0.25, -0.2) is 4.39 Å². The Labute approximate surface area is 151 Å². The summed E-state index contributed by atoms with van der Waals surface area (Å²) in [6.07, 6.45) is 0.0692. The molecule has 0 atom stereocenters. The van der Waals surface area contributed by atoms with E-state index < -0.39 is 5.82 Å². The van der Waals surface area contributed by atoms with Crippen LogP contribution < -0.4 is 10.2 Å². The number of halogens is 2. The van der Waals surface area contributed by atoms with E-state index in [1.54, 1.807) is 12.1 Å². The molecule has 0 fully saturated rings. The second-order valence-corrected chi connectivity index (χ2v) is 6.29. The number of nitrogens with one attached hydrogen (secondary N) is 1.